The van der Waals surface area contributed by atoms with Crippen LogP contribution in [-0.2, 0) is 16.8 Å². The van der Waals surface area contributed by atoms with Crippen LogP contribution in [-0.4, -0.2) is 31.3 Å². The highest BCUT2D eigenvalue weighted by Gasteiger charge is 2.17. The maximum absolute atomic E-state index is 14.2. The van der Waals surface area contributed by atoms with Gasteiger partial charge >= 0.3 is 0 Å². The molecule has 0 saturated heterocycles. The summed E-state index contributed by atoms with van der Waals surface area (Å²) in [5.41, 5.74) is 1.19. The number of rotatable bonds is 4. The highest BCUT2D eigenvalue weighted by atomic mass is 32.2. The summed E-state index contributed by atoms with van der Waals surface area (Å²) in [7, 11) is -0.896. The van der Waals surface area contributed by atoms with Crippen molar-refractivity contribution in [3.05, 3.63) is 70.9 Å². The molecule has 4 rings (SSSR count). The molecule has 0 radical (unpaired) electrons. The molecule has 3 aromatic heterocycles. The van der Waals surface area contributed by atoms with Gasteiger partial charge < -0.3 is 14.3 Å². The Morgan fingerprint density at radius 2 is 1.90 bits per heavy atom. The highest BCUT2D eigenvalue weighted by Crippen LogP contribution is 2.38. The standard InChI is InChI=1S/C21H18F2N4O3S/c1-27-11-15(13-6-7-24-20(13)21(27)28)14-9-19(26-31(2,3)29)25-10-18(14)30-17-5-4-12(22)8-16(17)23/h4-11,24H,1-3H3. The van der Waals surface area contributed by atoms with Crippen LogP contribution in [0.5, 0.6) is 11.5 Å². The third-order valence-corrected chi connectivity index (χ3v) is 5.09. The number of nitrogens with zero attached hydrogens (tertiary/aromatic N) is 3. The van der Waals surface area contributed by atoms with Crippen molar-refractivity contribution in [3.8, 4) is 22.6 Å². The Kier molecular flexibility index (Phi) is 5.10. The molecule has 0 fully saturated rings. The number of aromatic nitrogens is 3. The summed E-state index contributed by atoms with van der Waals surface area (Å²) < 4.78 is 50.9. The number of hydrogen-bond acceptors (Lipinski definition) is 5. The molecule has 10 heteroatoms. The van der Waals surface area contributed by atoms with Crippen molar-refractivity contribution in [2.45, 2.75) is 0 Å². The van der Waals surface area contributed by atoms with E-state index in [9.17, 15) is 17.8 Å². The smallest absolute Gasteiger partial charge is 0.274 e. The minimum Gasteiger partial charge on any atom is -0.452 e. The number of aromatic amines is 1. The van der Waals surface area contributed by atoms with Gasteiger partial charge in [-0.1, -0.05) is 0 Å². The van der Waals surface area contributed by atoms with Gasteiger partial charge in [0.2, 0.25) is 0 Å². The fourth-order valence-electron chi connectivity index (χ4n) is 3.16. The second-order valence-corrected chi connectivity index (χ2v) is 9.76. The molecule has 0 aliphatic carbocycles. The van der Waals surface area contributed by atoms with Gasteiger partial charge in [-0.2, -0.15) is 4.36 Å². The monoisotopic (exact) mass is 444 g/mol. The number of benzene rings is 1. The zero-order valence-corrected chi connectivity index (χ0v) is 17.7. The molecule has 3 heterocycles. The average molecular weight is 444 g/mol. The van der Waals surface area contributed by atoms with Gasteiger partial charge in [0.25, 0.3) is 5.56 Å². The fraction of sp³-hybridized carbons (Fsp3) is 0.143. The van der Waals surface area contributed by atoms with E-state index in [0.717, 1.165) is 6.07 Å². The van der Waals surface area contributed by atoms with E-state index in [2.05, 4.69) is 14.3 Å². The second kappa shape index (κ2) is 7.62. The van der Waals surface area contributed by atoms with Crippen LogP contribution in [0, 0.1) is 11.6 Å². The maximum atomic E-state index is 14.2. The van der Waals surface area contributed by atoms with Gasteiger partial charge in [0.05, 0.1) is 6.20 Å². The Morgan fingerprint density at radius 3 is 2.61 bits per heavy atom. The van der Waals surface area contributed by atoms with Crippen LogP contribution in [0.2, 0.25) is 0 Å². The Labute approximate surface area is 176 Å². The average Bonchev–Trinajstić information content (AvgIpc) is 3.17. The second-order valence-electron chi connectivity index (χ2n) is 7.21. The molecule has 0 bridgehead atoms. The van der Waals surface area contributed by atoms with Gasteiger partial charge in [-0.05, 0) is 24.3 Å². The van der Waals surface area contributed by atoms with E-state index in [1.807, 2.05) is 0 Å². The molecule has 0 unspecified atom stereocenters. The Morgan fingerprint density at radius 1 is 1.13 bits per heavy atom. The van der Waals surface area contributed by atoms with Gasteiger partial charge in [0.15, 0.2) is 23.1 Å². The van der Waals surface area contributed by atoms with Crippen LogP contribution in [0.15, 0.2) is 58.1 Å². The number of aryl methyl sites for hydroxylation is 1. The van der Waals surface area contributed by atoms with Crippen LogP contribution in [0.4, 0.5) is 14.6 Å². The van der Waals surface area contributed by atoms with Crippen molar-refractivity contribution in [3.63, 3.8) is 0 Å². The number of fused-ring (bicyclic) bond motifs is 1. The predicted molar refractivity (Wildman–Crippen MR) is 115 cm³/mol. The van der Waals surface area contributed by atoms with E-state index in [0.29, 0.717) is 28.1 Å². The molecule has 1 N–H and O–H groups in total. The molecule has 0 amide bonds. The lowest BCUT2D eigenvalue weighted by atomic mass is 10.0. The summed E-state index contributed by atoms with van der Waals surface area (Å²) in [4.78, 5) is 19.5. The minimum absolute atomic E-state index is 0.157. The minimum atomic E-state index is -2.50. The van der Waals surface area contributed by atoms with Crippen LogP contribution in [0.25, 0.3) is 22.0 Å². The van der Waals surface area contributed by atoms with E-state index in [-0.39, 0.29) is 22.9 Å². The molecule has 0 atom stereocenters. The van der Waals surface area contributed by atoms with Crippen molar-refractivity contribution in [1.82, 2.24) is 14.5 Å². The van der Waals surface area contributed by atoms with Crippen molar-refractivity contribution in [2.24, 2.45) is 11.4 Å². The third kappa shape index (κ3) is 4.19. The Hall–Kier alpha value is -3.53. The van der Waals surface area contributed by atoms with Crippen molar-refractivity contribution in [1.29, 1.82) is 0 Å². The van der Waals surface area contributed by atoms with Gasteiger partial charge in [-0.25, -0.2) is 18.0 Å². The zero-order chi connectivity index (χ0) is 22.3. The topological polar surface area (TPSA) is 89.3 Å². The van der Waals surface area contributed by atoms with Crippen LogP contribution >= 0.6 is 0 Å². The first-order valence-corrected chi connectivity index (χ1v) is 11.4. The number of ether oxygens (including phenoxy) is 1. The van der Waals surface area contributed by atoms with Crippen molar-refractivity contribution in [2.75, 3.05) is 12.5 Å². The van der Waals surface area contributed by atoms with E-state index < -0.39 is 21.4 Å². The lowest BCUT2D eigenvalue weighted by molar-refractivity contribution is 0.437. The van der Waals surface area contributed by atoms with Gasteiger partial charge in [-0.3, -0.25) is 4.79 Å². The molecule has 4 aromatic rings. The molecule has 31 heavy (non-hydrogen) atoms. The third-order valence-electron chi connectivity index (χ3n) is 4.46. The van der Waals surface area contributed by atoms with Crippen LogP contribution in [0.1, 0.15) is 0 Å². The quantitative estimate of drug-likeness (QED) is 0.507. The SMILES string of the molecule is Cn1cc(-c2cc(N=S(C)(C)=O)ncc2Oc2ccc(F)cc2F)c2cc[nH]c2c1=O. The fourth-order valence-corrected chi connectivity index (χ4v) is 3.71. The number of pyridine rings is 2. The molecule has 160 valence electrons. The summed E-state index contributed by atoms with van der Waals surface area (Å²) in [5, 5.41) is 0.610. The van der Waals surface area contributed by atoms with Crippen molar-refractivity contribution >= 4 is 26.4 Å². The van der Waals surface area contributed by atoms with E-state index >= 15 is 0 Å². The predicted octanol–water partition coefficient (Wildman–Crippen LogP) is 4.36. The largest absolute Gasteiger partial charge is 0.452 e. The zero-order valence-electron chi connectivity index (χ0n) is 16.8. The number of H-pyrrole nitrogens is 1. The Bertz CT molecular complexity index is 1490. The Balaban J connectivity index is 1.97. The van der Waals surface area contributed by atoms with Crippen LogP contribution < -0.4 is 10.3 Å². The molecule has 0 aliphatic rings. The van der Waals surface area contributed by atoms with Gasteiger partial charge in [0, 0.05) is 64.3 Å². The van der Waals surface area contributed by atoms with E-state index in [1.165, 1.54) is 29.3 Å². The summed E-state index contributed by atoms with van der Waals surface area (Å²) in [6.07, 6.45) is 7.52. The normalized spacial score (nSPS) is 11.6. The summed E-state index contributed by atoms with van der Waals surface area (Å²) >= 11 is 0. The summed E-state index contributed by atoms with van der Waals surface area (Å²) in [6.45, 7) is 0. The van der Waals surface area contributed by atoms with Gasteiger partial charge in [-0.15, -0.1) is 0 Å². The first kappa shape index (κ1) is 20.7. The molecular weight excluding hydrogens is 426 g/mol. The first-order valence-electron chi connectivity index (χ1n) is 9.09. The number of hydrogen-bond donors (Lipinski definition) is 1. The van der Waals surface area contributed by atoms with E-state index in [4.69, 9.17) is 4.74 Å². The molecule has 0 aliphatic heterocycles. The lowest BCUT2D eigenvalue weighted by Gasteiger charge is -2.14. The van der Waals surface area contributed by atoms with Gasteiger partial charge in [0.1, 0.15) is 11.3 Å². The molecule has 0 spiro atoms. The van der Waals surface area contributed by atoms with Crippen molar-refractivity contribution < 1.29 is 17.7 Å². The first-order chi connectivity index (χ1) is 14.6. The number of nitrogens with one attached hydrogen (secondary N) is 1. The molecular formula is C21H18F2N4O3S. The van der Waals surface area contributed by atoms with Crippen LogP contribution in [0.3, 0.4) is 0 Å². The number of halogens is 2. The summed E-state index contributed by atoms with van der Waals surface area (Å²) in [5.74, 6) is -1.46. The summed E-state index contributed by atoms with van der Waals surface area (Å²) in [6, 6.07) is 6.25. The highest BCUT2D eigenvalue weighted by molar-refractivity contribution is 7.92. The molecule has 7 nitrogen and oxygen atoms in total. The van der Waals surface area contributed by atoms with E-state index in [1.54, 1.807) is 31.6 Å². The molecule has 1 aromatic carbocycles. The molecule has 0 saturated carbocycles. The lowest BCUT2D eigenvalue weighted by Crippen LogP contribution is -2.16. The maximum Gasteiger partial charge on any atom is 0.274 e.